The van der Waals surface area contributed by atoms with Gasteiger partial charge in [0.2, 0.25) is 5.91 Å². The molecule has 5 N–H and O–H groups in total. The molecule has 208 valence electrons. The summed E-state index contributed by atoms with van der Waals surface area (Å²) in [5.74, 6) is -1.24. The Balaban J connectivity index is 1.45. The van der Waals surface area contributed by atoms with Gasteiger partial charge in [-0.2, -0.15) is 13.2 Å². The first-order valence-electron chi connectivity index (χ1n) is 12.9. The van der Waals surface area contributed by atoms with Crippen molar-refractivity contribution in [2.24, 2.45) is 16.8 Å². The highest BCUT2D eigenvalue weighted by Crippen LogP contribution is 2.44. The highest BCUT2D eigenvalue weighted by molar-refractivity contribution is 6.01. The average Bonchev–Trinajstić information content (AvgIpc) is 2.96. The van der Waals surface area contributed by atoms with Crippen LogP contribution in [0.3, 0.4) is 0 Å². The number of rotatable bonds is 7. The molecule has 3 aliphatic rings. The number of anilines is 3. The number of nitrogens with one attached hydrogen (secondary N) is 2. The fraction of sp³-hybridized carbons (Fsp3) is 0.276. The first-order chi connectivity index (χ1) is 19.2. The quantitative estimate of drug-likeness (QED) is 0.134. The van der Waals surface area contributed by atoms with E-state index in [1.807, 2.05) is 0 Å². The third-order valence-electron chi connectivity index (χ3n) is 7.45. The van der Waals surface area contributed by atoms with E-state index >= 15 is 0 Å². The molecule has 11 heteroatoms. The molecule has 0 spiro atoms. The second-order valence-corrected chi connectivity index (χ2v) is 9.99. The fourth-order valence-corrected chi connectivity index (χ4v) is 5.48. The zero-order valence-corrected chi connectivity index (χ0v) is 21.4. The number of piperidine rings is 2. The average molecular weight is 552 g/mol. The van der Waals surface area contributed by atoms with Crippen LogP contribution < -0.4 is 21.3 Å². The third kappa shape index (κ3) is 5.45. The summed E-state index contributed by atoms with van der Waals surface area (Å²) in [5, 5.41) is 17.7. The van der Waals surface area contributed by atoms with E-state index in [9.17, 15) is 22.8 Å². The van der Waals surface area contributed by atoms with Gasteiger partial charge in [0, 0.05) is 28.9 Å². The maximum absolute atomic E-state index is 14.2. The molecule has 1 unspecified atom stereocenters. The van der Waals surface area contributed by atoms with Gasteiger partial charge in [0.05, 0.1) is 11.3 Å². The van der Waals surface area contributed by atoms with Crippen LogP contribution in [0.2, 0.25) is 0 Å². The first kappa shape index (κ1) is 27.0. The van der Waals surface area contributed by atoms with Crippen LogP contribution in [0.5, 0.6) is 0 Å². The van der Waals surface area contributed by atoms with Crippen LogP contribution in [0.15, 0.2) is 78.0 Å². The lowest BCUT2D eigenvalue weighted by atomic mass is 9.78. The molecule has 1 atom stereocenters. The molecule has 2 amide bonds. The molecule has 0 radical (unpaired) electrons. The summed E-state index contributed by atoms with van der Waals surface area (Å²) in [6, 6.07) is 17.5. The second kappa shape index (κ2) is 10.9. The summed E-state index contributed by atoms with van der Waals surface area (Å²) in [6.07, 6.45) is -1.99. The zero-order valence-electron chi connectivity index (χ0n) is 21.4. The predicted molar refractivity (Wildman–Crippen MR) is 145 cm³/mol. The van der Waals surface area contributed by atoms with Crippen molar-refractivity contribution < 1.29 is 28.0 Å². The number of fused-ring (bicyclic) bond motifs is 3. The maximum atomic E-state index is 14.2. The number of nitrogens with zero attached hydrogens (tertiary/aromatic N) is 2. The smallest absolute Gasteiger partial charge is 0.409 e. The van der Waals surface area contributed by atoms with Crippen LogP contribution in [-0.2, 0) is 15.8 Å². The molecule has 8 nitrogen and oxygen atoms in total. The summed E-state index contributed by atoms with van der Waals surface area (Å²) >= 11 is 0. The molecule has 2 bridgehead atoms. The minimum absolute atomic E-state index is 0.0520. The molecule has 6 rings (SSSR count). The Morgan fingerprint density at radius 2 is 1.70 bits per heavy atom. The largest absolute Gasteiger partial charge is 0.418 e. The summed E-state index contributed by atoms with van der Waals surface area (Å²) < 4.78 is 42.7. The van der Waals surface area contributed by atoms with Gasteiger partial charge in [0.25, 0.3) is 5.91 Å². The van der Waals surface area contributed by atoms with Gasteiger partial charge >= 0.3 is 6.18 Å². The highest BCUT2D eigenvalue weighted by Gasteiger charge is 2.44. The molecule has 3 aromatic rings. The number of carbonyl (C=O) groups excluding carboxylic acids is 2. The number of oxime groups is 1. The number of alkyl halides is 3. The zero-order chi connectivity index (χ0) is 28.4. The van der Waals surface area contributed by atoms with Gasteiger partial charge in [-0.05, 0) is 61.6 Å². The standard InChI is InChI=1S/C29H28F3N5O3/c30-29(31,32)23-16-21(11-14-24(23)37-22-12-9-18(10-13-22)28(37)39)35-27(38)25(17-5-2-1-3-6-17)34-20-8-4-7-19(15-20)26(33)36-40/h1-8,11,14-16,18,22,25,34,40H,9-10,12-13H2,(H2,33,36)(H,35,38). The van der Waals surface area contributed by atoms with Gasteiger partial charge in [-0.15, -0.1) is 0 Å². The van der Waals surface area contributed by atoms with Gasteiger partial charge in [-0.3, -0.25) is 9.59 Å². The molecule has 0 aromatic heterocycles. The minimum Gasteiger partial charge on any atom is -0.409 e. The van der Waals surface area contributed by atoms with Crippen LogP contribution in [0.4, 0.5) is 30.2 Å². The number of halogens is 3. The Hall–Kier alpha value is -4.54. The molecule has 2 aliphatic heterocycles. The lowest BCUT2D eigenvalue weighted by Gasteiger charge is -2.45. The van der Waals surface area contributed by atoms with Crippen molar-refractivity contribution in [1.29, 1.82) is 0 Å². The van der Waals surface area contributed by atoms with Gasteiger partial charge < -0.3 is 26.5 Å². The number of amidine groups is 1. The first-order valence-corrected chi connectivity index (χ1v) is 12.9. The van der Waals surface area contributed by atoms with E-state index in [4.69, 9.17) is 10.9 Å². The van der Waals surface area contributed by atoms with Crippen LogP contribution in [0.25, 0.3) is 0 Å². The van der Waals surface area contributed by atoms with Crippen molar-refractivity contribution in [3.05, 3.63) is 89.5 Å². The molecular weight excluding hydrogens is 523 g/mol. The number of nitrogens with two attached hydrogens (primary N) is 1. The van der Waals surface area contributed by atoms with Gasteiger partial charge in [-0.25, -0.2) is 0 Å². The number of hydrogen-bond donors (Lipinski definition) is 4. The summed E-state index contributed by atoms with van der Waals surface area (Å²) in [6.45, 7) is 0. The van der Waals surface area contributed by atoms with Gasteiger partial charge in [0.1, 0.15) is 6.04 Å². The van der Waals surface area contributed by atoms with Gasteiger partial charge in [-0.1, -0.05) is 47.6 Å². The molecule has 2 heterocycles. The monoisotopic (exact) mass is 551 g/mol. The second-order valence-electron chi connectivity index (χ2n) is 9.99. The third-order valence-corrected chi connectivity index (χ3v) is 7.45. The van der Waals surface area contributed by atoms with E-state index in [0.717, 1.165) is 6.07 Å². The Morgan fingerprint density at radius 1 is 0.975 bits per heavy atom. The highest BCUT2D eigenvalue weighted by atomic mass is 19.4. The van der Waals surface area contributed by atoms with E-state index in [1.165, 1.54) is 17.0 Å². The van der Waals surface area contributed by atoms with E-state index in [1.54, 1.807) is 54.6 Å². The molecule has 40 heavy (non-hydrogen) atoms. The van der Waals surface area contributed by atoms with Crippen LogP contribution in [-0.4, -0.2) is 28.9 Å². The van der Waals surface area contributed by atoms with Crippen molar-refractivity contribution in [2.45, 2.75) is 43.9 Å². The molecule has 1 aliphatic carbocycles. The van der Waals surface area contributed by atoms with E-state index in [-0.39, 0.29) is 35.1 Å². The van der Waals surface area contributed by atoms with Crippen molar-refractivity contribution >= 4 is 34.7 Å². The van der Waals surface area contributed by atoms with Crippen LogP contribution in [0, 0.1) is 5.92 Å². The van der Waals surface area contributed by atoms with Crippen molar-refractivity contribution in [2.75, 3.05) is 15.5 Å². The Labute approximate surface area is 228 Å². The Kier molecular flexibility index (Phi) is 7.38. The normalized spacial score (nSPS) is 19.8. The predicted octanol–water partition coefficient (Wildman–Crippen LogP) is 5.50. The van der Waals surface area contributed by atoms with Crippen LogP contribution in [0.1, 0.15) is 48.4 Å². The summed E-state index contributed by atoms with van der Waals surface area (Å²) in [5.41, 5.74) is 5.93. The van der Waals surface area contributed by atoms with Crippen molar-refractivity contribution in [1.82, 2.24) is 0 Å². The molecule has 1 saturated carbocycles. The molecular formula is C29H28F3N5O3. The van der Waals surface area contributed by atoms with Crippen LogP contribution >= 0.6 is 0 Å². The lowest BCUT2D eigenvalue weighted by molar-refractivity contribution is -0.137. The SMILES string of the molecule is NC(=NO)c1cccc(NC(C(=O)Nc2ccc(N3C(=O)C4CCC3CC4)c(C(F)(F)F)c2)c2ccccc2)c1. The topological polar surface area (TPSA) is 120 Å². The summed E-state index contributed by atoms with van der Waals surface area (Å²) in [4.78, 5) is 27.7. The van der Waals surface area contributed by atoms with Gasteiger partial charge in [0.15, 0.2) is 5.84 Å². The van der Waals surface area contributed by atoms with E-state index in [0.29, 0.717) is 42.5 Å². The Bertz CT molecular complexity index is 1440. The van der Waals surface area contributed by atoms with E-state index < -0.39 is 23.7 Å². The number of carbonyl (C=O) groups is 2. The van der Waals surface area contributed by atoms with Crippen molar-refractivity contribution in [3.8, 4) is 0 Å². The number of amides is 2. The Morgan fingerprint density at radius 3 is 2.35 bits per heavy atom. The van der Waals surface area contributed by atoms with E-state index in [2.05, 4.69) is 15.8 Å². The number of hydrogen-bond acceptors (Lipinski definition) is 5. The molecule has 3 aromatic carbocycles. The summed E-state index contributed by atoms with van der Waals surface area (Å²) in [7, 11) is 0. The lowest BCUT2D eigenvalue weighted by Crippen LogP contribution is -2.53. The maximum Gasteiger partial charge on any atom is 0.418 e. The molecule has 2 saturated heterocycles. The fourth-order valence-electron chi connectivity index (χ4n) is 5.48. The molecule has 3 fully saturated rings. The van der Waals surface area contributed by atoms with Crippen molar-refractivity contribution in [3.63, 3.8) is 0 Å². The minimum atomic E-state index is -4.74. The number of benzene rings is 3.